The van der Waals surface area contributed by atoms with Gasteiger partial charge in [0.1, 0.15) is 11.3 Å². The summed E-state index contributed by atoms with van der Waals surface area (Å²) in [6, 6.07) is 14.8. The molecule has 1 aromatic heterocycles. The summed E-state index contributed by atoms with van der Waals surface area (Å²) in [6.07, 6.45) is 0. The first-order valence-electron chi connectivity index (χ1n) is 9.99. The van der Waals surface area contributed by atoms with E-state index >= 15 is 0 Å². The number of morpholine rings is 1. The van der Waals surface area contributed by atoms with E-state index in [2.05, 4.69) is 5.32 Å². The molecule has 1 N–H and O–H groups in total. The Kier molecular flexibility index (Phi) is 6.26. The lowest BCUT2D eigenvalue weighted by molar-refractivity contribution is 0.0730. The minimum atomic E-state index is -3.47. The number of hydrogen-bond acceptors (Lipinski definition) is 6. The number of rotatable bonds is 7. The second-order valence-electron chi connectivity index (χ2n) is 7.12. The molecule has 1 fully saturated rings. The predicted molar refractivity (Wildman–Crippen MR) is 117 cm³/mol. The molecule has 1 saturated heterocycles. The molecule has 31 heavy (non-hydrogen) atoms. The lowest BCUT2D eigenvalue weighted by atomic mass is 10.0. The van der Waals surface area contributed by atoms with Gasteiger partial charge in [0.15, 0.2) is 0 Å². The number of amides is 1. The molecular weight excluding hydrogens is 420 g/mol. The Hall–Kier alpha value is -2.88. The summed E-state index contributed by atoms with van der Waals surface area (Å²) in [4.78, 5) is 13.0. The van der Waals surface area contributed by atoms with E-state index in [1.54, 1.807) is 19.2 Å². The molecule has 0 aliphatic carbocycles. The molecule has 1 aliphatic heterocycles. The SMILES string of the molecule is COc1ccc2c(-c3ccccc3)c(C(=O)NCCS(=O)(=O)N3CCOCC3)oc2c1. The molecular formula is C22H24N2O6S. The van der Waals surface area contributed by atoms with Crippen molar-refractivity contribution in [2.75, 3.05) is 45.7 Å². The topological polar surface area (TPSA) is 98.1 Å². The van der Waals surface area contributed by atoms with Crippen LogP contribution in [0.2, 0.25) is 0 Å². The standard InChI is InChI=1S/C22H24N2O6S/c1-28-17-7-8-18-19(15-17)30-21(20(18)16-5-3-2-4-6-16)22(25)23-9-14-31(26,27)24-10-12-29-13-11-24/h2-8,15H,9-14H2,1H3,(H,23,25). The van der Waals surface area contributed by atoms with Gasteiger partial charge in [-0.2, -0.15) is 4.31 Å². The summed E-state index contributed by atoms with van der Waals surface area (Å²) < 4.78 is 42.7. The second-order valence-corrected chi connectivity index (χ2v) is 9.21. The van der Waals surface area contributed by atoms with Crippen LogP contribution in [0, 0.1) is 0 Å². The number of carbonyl (C=O) groups is 1. The number of methoxy groups -OCH3 is 1. The fourth-order valence-corrected chi connectivity index (χ4v) is 4.91. The highest BCUT2D eigenvalue weighted by Crippen LogP contribution is 2.36. The van der Waals surface area contributed by atoms with Crippen LogP contribution in [0.4, 0.5) is 0 Å². The van der Waals surface area contributed by atoms with Gasteiger partial charge in [-0.1, -0.05) is 30.3 Å². The molecule has 0 unspecified atom stereocenters. The third-order valence-electron chi connectivity index (χ3n) is 5.17. The van der Waals surface area contributed by atoms with E-state index in [1.165, 1.54) is 4.31 Å². The summed E-state index contributed by atoms with van der Waals surface area (Å²) in [5, 5.41) is 3.47. The van der Waals surface area contributed by atoms with Crippen LogP contribution in [0.5, 0.6) is 5.75 Å². The Balaban J connectivity index is 1.57. The molecule has 0 spiro atoms. The van der Waals surface area contributed by atoms with Gasteiger partial charge in [0.05, 0.1) is 26.1 Å². The van der Waals surface area contributed by atoms with Crippen LogP contribution in [0.15, 0.2) is 52.9 Å². The van der Waals surface area contributed by atoms with Crippen molar-refractivity contribution in [2.45, 2.75) is 0 Å². The third kappa shape index (κ3) is 4.58. The lowest BCUT2D eigenvalue weighted by Gasteiger charge is -2.26. The quantitative estimate of drug-likeness (QED) is 0.601. The second kappa shape index (κ2) is 9.09. The van der Waals surface area contributed by atoms with Gasteiger partial charge in [0.2, 0.25) is 15.8 Å². The van der Waals surface area contributed by atoms with Crippen molar-refractivity contribution >= 4 is 26.9 Å². The van der Waals surface area contributed by atoms with E-state index in [0.717, 1.165) is 10.9 Å². The minimum Gasteiger partial charge on any atom is -0.497 e. The van der Waals surface area contributed by atoms with Crippen LogP contribution in [0.25, 0.3) is 22.1 Å². The van der Waals surface area contributed by atoms with Gasteiger partial charge in [0, 0.05) is 36.7 Å². The van der Waals surface area contributed by atoms with Crippen molar-refractivity contribution in [1.82, 2.24) is 9.62 Å². The van der Waals surface area contributed by atoms with Crippen LogP contribution in [-0.2, 0) is 14.8 Å². The van der Waals surface area contributed by atoms with Crippen LogP contribution in [-0.4, -0.2) is 64.3 Å². The van der Waals surface area contributed by atoms with E-state index in [4.69, 9.17) is 13.9 Å². The first-order valence-corrected chi connectivity index (χ1v) is 11.6. The largest absolute Gasteiger partial charge is 0.497 e. The maximum absolute atomic E-state index is 13.0. The molecule has 0 saturated carbocycles. The van der Waals surface area contributed by atoms with Gasteiger partial charge < -0.3 is 19.2 Å². The molecule has 1 amide bonds. The number of sulfonamides is 1. The Morgan fingerprint density at radius 1 is 1.13 bits per heavy atom. The summed E-state index contributed by atoms with van der Waals surface area (Å²) in [7, 11) is -1.91. The molecule has 0 bridgehead atoms. The Morgan fingerprint density at radius 2 is 1.87 bits per heavy atom. The van der Waals surface area contributed by atoms with Crippen LogP contribution in [0.3, 0.4) is 0 Å². The number of ether oxygens (including phenoxy) is 2. The van der Waals surface area contributed by atoms with Gasteiger partial charge in [-0.3, -0.25) is 4.79 Å². The lowest BCUT2D eigenvalue weighted by Crippen LogP contribution is -2.43. The molecule has 3 aromatic rings. The molecule has 2 aromatic carbocycles. The average molecular weight is 445 g/mol. The molecule has 0 radical (unpaired) electrons. The maximum atomic E-state index is 13.0. The van der Waals surface area contributed by atoms with Crippen molar-refractivity contribution in [3.63, 3.8) is 0 Å². The summed E-state index contributed by atoms with van der Waals surface area (Å²) >= 11 is 0. The fraction of sp³-hybridized carbons (Fsp3) is 0.318. The van der Waals surface area contributed by atoms with Crippen molar-refractivity contribution in [2.24, 2.45) is 0 Å². The zero-order valence-corrected chi connectivity index (χ0v) is 18.0. The Labute approximate surface area is 180 Å². The van der Waals surface area contributed by atoms with Gasteiger partial charge in [-0.25, -0.2) is 8.42 Å². The summed E-state index contributed by atoms with van der Waals surface area (Å²) in [5.41, 5.74) is 2.01. The van der Waals surface area contributed by atoms with Crippen LogP contribution >= 0.6 is 0 Å². The smallest absolute Gasteiger partial charge is 0.287 e. The van der Waals surface area contributed by atoms with Gasteiger partial charge in [-0.15, -0.1) is 0 Å². The van der Waals surface area contributed by atoms with E-state index in [0.29, 0.717) is 43.2 Å². The minimum absolute atomic E-state index is 0.0207. The average Bonchev–Trinajstić information content (AvgIpc) is 3.19. The highest BCUT2D eigenvalue weighted by Gasteiger charge is 2.26. The first-order chi connectivity index (χ1) is 15.0. The molecule has 4 rings (SSSR count). The molecule has 1 aliphatic rings. The van der Waals surface area contributed by atoms with E-state index < -0.39 is 15.9 Å². The molecule has 2 heterocycles. The van der Waals surface area contributed by atoms with E-state index in [9.17, 15) is 13.2 Å². The Morgan fingerprint density at radius 3 is 2.58 bits per heavy atom. The normalized spacial score (nSPS) is 15.1. The first kappa shape index (κ1) is 21.4. The Bertz CT molecular complexity index is 1170. The number of nitrogens with one attached hydrogen (secondary N) is 1. The predicted octanol–water partition coefficient (Wildman–Crippen LogP) is 2.50. The number of carbonyl (C=O) groups excluding carboxylic acids is 1. The van der Waals surface area contributed by atoms with Gasteiger partial charge >= 0.3 is 0 Å². The van der Waals surface area contributed by atoms with Crippen molar-refractivity contribution in [3.8, 4) is 16.9 Å². The number of furan rings is 1. The monoisotopic (exact) mass is 444 g/mol. The third-order valence-corrected chi connectivity index (χ3v) is 7.05. The van der Waals surface area contributed by atoms with Gasteiger partial charge in [0.25, 0.3) is 5.91 Å². The molecule has 164 valence electrons. The zero-order valence-electron chi connectivity index (χ0n) is 17.2. The zero-order chi connectivity index (χ0) is 21.8. The molecule has 0 atom stereocenters. The van der Waals surface area contributed by atoms with Crippen molar-refractivity contribution in [1.29, 1.82) is 0 Å². The highest BCUT2D eigenvalue weighted by atomic mass is 32.2. The van der Waals surface area contributed by atoms with Crippen molar-refractivity contribution < 1.29 is 27.1 Å². The van der Waals surface area contributed by atoms with Gasteiger partial charge in [-0.05, 0) is 17.7 Å². The fourth-order valence-electron chi connectivity index (χ4n) is 3.58. The summed E-state index contributed by atoms with van der Waals surface area (Å²) in [6.45, 7) is 1.41. The number of hydrogen-bond donors (Lipinski definition) is 1. The van der Waals surface area contributed by atoms with E-state index in [1.807, 2.05) is 36.4 Å². The molecule has 9 heteroatoms. The number of benzene rings is 2. The number of fused-ring (bicyclic) bond motifs is 1. The highest BCUT2D eigenvalue weighted by molar-refractivity contribution is 7.89. The number of nitrogens with zero attached hydrogens (tertiary/aromatic N) is 1. The van der Waals surface area contributed by atoms with Crippen LogP contribution < -0.4 is 10.1 Å². The maximum Gasteiger partial charge on any atom is 0.287 e. The van der Waals surface area contributed by atoms with Crippen LogP contribution in [0.1, 0.15) is 10.6 Å². The molecule has 8 nitrogen and oxygen atoms in total. The van der Waals surface area contributed by atoms with E-state index in [-0.39, 0.29) is 18.1 Å². The summed E-state index contributed by atoms with van der Waals surface area (Å²) in [5.74, 6) is 0.0989. The van der Waals surface area contributed by atoms with Crippen molar-refractivity contribution in [3.05, 3.63) is 54.3 Å².